The zero-order valence-electron chi connectivity index (χ0n) is 12.7. The van der Waals surface area contributed by atoms with Crippen molar-refractivity contribution >= 4 is 0 Å². The lowest BCUT2D eigenvalue weighted by molar-refractivity contribution is 0.0578. The van der Waals surface area contributed by atoms with Crippen LogP contribution < -0.4 is 4.74 Å². The third kappa shape index (κ3) is 2.63. The largest absolute Gasteiger partial charge is 0.493 e. The number of nitrogens with zero attached hydrogens (tertiary/aromatic N) is 3. The fraction of sp³-hybridized carbons (Fsp3) is 0.467. The SMILES string of the molecule is CCC(O)(c1ccc(F)cn1)c1c(OC)cnn1C(C)C. The molecule has 5 nitrogen and oxygen atoms in total. The van der Waals surface area contributed by atoms with E-state index in [1.165, 1.54) is 19.2 Å². The number of halogens is 1. The number of hydrogen-bond acceptors (Lipinski definition) is 4. The Hall–Kier alpha value is -1.95. The summed E-state index contributed by atoms with van der Waals surface area (Å²) in [7, 11) is 1.53. The summed E-state index contributed by atoms with van der Waals surface area (Å²) in [4.78, 5) is 4.03. The Morgan fingerprint density at radius 2 is 2.10 bits per heavy atom. The van der Waals surface area contributed by atoms with Gasteiger partial charge in [0.05, 0.1) is 25.2 Å². The molecule has 0 spiro atoms. The average Bonchev–Trinajstić information content (AvgIpc) is 2.92. The molecule has 0 fully saturated rings. The molecule has 0 bridgehead atoms. The lowest BCUT2D eigenvalue weighted by atomic mass is 9.91. The highest BCUT2D eigenvalue weighted by Gasteiger charge is 2.38. The molecule has 1 unspecified atom stereocenters. The van der Waals surface area contributed by atoms with Crippen molar-refractivity contribution in [3.05, 3.63) is 41.7 Å². The molecule has 6 heteroatoms. The van der Waals surface area contributed by atoms with Crippen LogP contribution in [0.15, 0.2) is 24.5 Å². The lowest BCUT2D eigenvalue weighted by Crippen LogP contribution is -2.32. The van der Waals surface area contributed by atoms with E-state index in [1.54, 1.807) is 10.9 Å². The zero-order chi connectivity index (χ0) is 15.6. The van der Waals surface area contributed by atoms with E-state index < -0.39 is 11.4 Å². The summed E-state index contributed by atoms with van der Waals surface area (Å²) in [5.74, 6) is 0.0423. The molecule has 0 amide bonds. The van der Waals surface area contributed by atoms with Crippen LogP contribution in [0.5, 0.6) is 5.75 Å². The van der Waals surface area contributed by atoms with E-state index in [9.17, 15) is 9.50 Å². The maximum atomic E-state index is 13.1. The van der Waals surface area contributed by atoms with Gasteiger partial charge in [0.1, 0.15) is 11.5 Å². The molecule has 0 saturated carbocycles. The molecule has 1 N–H and O–H groups in total. The van der Waals surface area contributed by atoms with Gasteiger partial charge in [-0.2, -0.15) is 5.10 Å². The fourth-order valence-electron chi connectivity index (χ4n) is 2.37. The summed E-state index contributed by atoms with van der Waals surface area (Å²) in [6, 6.07) is 2.81. The van der Waals surface area contributed by atoms with Crippen molar-refractivity contribution in [2.45, 2.75) is 38.8 Å². The van der Waals surface area contributed by atoms with Crippen molar-refractivity contribution in [3.63, 3.8) is 0 Å². The second-order valence-corrected chi connectivity index (χ2v) is 5.18. The molecule has 21 heavy (non-hydrogen) atoms. The molecule has 2 rings (SSSR count). The number of pyridine rings is 1. The van der Waals surface area contributed by atoms with Gasteiger partial charge in [0.25, 0.3) is 0 Å². The molecule has 0 saturated heterocycles. The van der Waals surface area contributed by atoms with Gasteiger partial charge in [0, 0.05) is 6.04 Å². The van der Waals surface area contributed by atoms with Crippen LogP contribution in [0, 0.1) is 5.82 Å². The Kier molecular flexibility index (Phi) is 4.27. The summed E-state index contributed by atoms with van der Waals surface area (Å²) >= 11 is 0. The maximum Gasteiger partial charge on any atom is 0.163 e. The molecule has 1 atom stereocenters. The Bertz CT molecular complexity index is 610. The molecule has 0 aliphatic rings. The van der Waals surface area contributed by atoms with Crippen LogP contribution in [0.25, 0.3) is 0 Å². The smallest absolute Gasteiger partial charge is 0.163 e. The van der Waals surface area contributed by atoms with Gasteiger partial charge in [-0.25, -0.2) is 4.39 Å². The summed E-state index contributed by atoms with van der Waals surface area (Å²) in [6.07, 6.45) is 3.03. The van der Waals surface area contributed by atoms with E-state index in [2.05, 4.69) is 10.1 Å². The summed E-state index contributed by atoms with van der Waals surface area (Å²) in [6.45, 7) is 5.76. The van der Waals surface area contributed by atoms with E-state index in [1.807, 2.05) is 20.8 Å². The highest BCUT2D eigenvalue weighted by molar-refractivity contribution is 5.37. The standard InChI is InChI=1S/C15H20FN3O2/c1-5-15(20,13-7-6-11(16)8-17-13)14-12(21-4)9-18-19(14)10(2)3/h6-10,20H,5H2,1-4H3. The van der Waals surface area contributed by atoms with Gasteiger partial charge < -0.3 is 9.84 Å². The molecule has 2 aromatic heterocycles. The lowest BCUT2D eigenvalue weighted by Gasteiger charge is -2.29. The van der Waals surface area contributed by atoms with Crippen molar-refractivity contribution in [1.82, 2.24) is 14.8 Å². The van der Waals surface area contributed by atoms with E-state index in [0.717, 1.165) is 6.20 Å². The van der Waals surface area contributed by atoms with Gasteiger partial charge in [-0.15, -0.1) is 0 Å². The monoisotopic (exact) mass is 293 g/mol. The minimum atomic E-state index is -1.39. The van der Waals surface area contributed by atoms with Crippen LogP contribution in [0.4, 0.5) is 4.39 Å². The average molecular weight is 293 g/mol. The summed E-state index contributed by atoms with van der Waals surface area (Å²) in [5.41, 5.74) is -0.492. The molecule has 2 aromatic rings. The molecule has 0 aromatic carbocycles. The third-order valence-electron chi connectivity index (χ3n) is 3.53. The number of aliphatic hydroxyl groups is 1. The second-order valence-electron chi connectivity index (χ2n) is 5.18. The number of hydrogen-bond donors (Lipinski definition) is 1. The fourth-order valence-corrected chi connectivity index (χ4v) is 2.37. The van der Waals surface area contributed by atoms with Gasteiger partial charge in [0.15, 0.2) is 11.4 Å². The van der Waals surface area contributed by atoms with Crippen LogP contribution in [-0.4, -0.2) is 27.0 Å². The minimum Gasteiger partial charge on any atom is -0.493 e. The second kappa shape index (κ2) is 5.81. The van der Waals surface area contributed by atoms with Gasteiger partial charge >= 0.3 is 0 Å². The maximum absolute atomic E-state index is 13.1. The Balaban J connectivity index is 2.64. The van der Waals surface area contributed by atoms with Gasteiger partial charge in [-0.05, 0) is 32.4 Å². The summed E-state index contributed by atoms with van der Waals surface area (Å²) < 4.78 is 20.1. The summed E-state index contributed by atoms with van der Waals surface area (Å²) in [5, 5.41) is 15.4. The van der Waals surface area contributed by atoms with E-state index in [0.29, 0.717) is 23.6 Å². The first kappa shape index (κ1) is 15.4. The van der Waals surface area contributed by atoms with Crippen LogP contribution in [-0.2, 0) is 5.60 Å². The zero-order valence-corrected chi connectivity index (χ0v) is 12.7. The molecule has 114 valence electrons. The minimum absolute atomic E-state index is 0.0439. The third-order valence-corrected chi connectivity index (χ3v) is 3.53. The van der Waals surface area contributed by atoms with Crippen molar-refractivity contribution in [1.29, 1.82) is 0 Å². The normalized spacial score (nSPS) is 14.2. The molecule has 0 aliphatic heterocycles. The van der Waals surface area contributed by atoms with Crippen molar-refractivity contribution in [2.75, 3.05) is 7.11 Å². The van der Waals surface area contributed by atoms with Crippen molar-refractivity contribution in [2.24, 2.45) is 0 Å². The predicted molar refractivity (Wildman–Crippen MR) is 76.6 cm³/mol. The van der Waals surface area contributed by atoms with Crippen LogP contribution in [0.2, 0.25) is 0 Å². The van der Waals surface area contributed by atoms with Gasteiger partial charge in [0.2, 0.25) is 0 Å². The van der Waals surface area contributed by atoms with E-state index >= 15 is 0 Å². The molecular weight excluding hydrogens is 273 g/mol. The van der Waals surface area contributed by atoms with E-state index in [4.69, 9.17) is 4.74 Å². The van der Waals surface area contributed by atoms with Crippen molar-refractivity contribution in [3.8, 4) is 5.75 Å². The molecule has 0 radical (unpaired) electrons. The van der Waals surface area contributed by atoms with Gasteiger partial charge in [-0.3, -0.25) is 9.67 Å². The predicted octanol–water partition coefficient (Wildman–Crippen LogP) is 2.65. The Labute approximate surface area is 123 Å². The Morgan fingerprint density at radius 3 is 2.57 bits per heavy atom. The first-order chi connectivity index (χ1) is 9.93. The number of aromatic nitrogens is 3. The van der Waals surface area contributed by atoms with Crippen LogP contribution in [0.3, 0.4) is 0 Å². The van der Waals surface area contributed by atoms with Crippen LogP contribution in [0.1, 0.15) is 44.6 Å². The van der Waals surface area contributed by atoms with Crippen LogP contribution >= 0.6 is 0 Å². The highest BCUT2D eigenvalue weighted by Crippen LogP contribution is 2.38. The number of methoxy groups -OCH3 is 1. The number of rotatable bonds is 5. The molecule has 2 heterocycles. The molecular formula is C15H20FN3O2. The van der Waals surface area contributed by atoms with E-state index in [-0.39, 0.29) is 6.04 Å². The highest BCUT2D eigenvalue weighted by atomic mass is 19.1. The Morgan fingerprint density at radius 1 is 1.38 bits per heavy atom. The number of ether oxygens (including phenoxy) is 1. The van der Waals surface area contributed by atoms with Crippen molar-refractivity contribution < 1.29 is 14.2 Å². The first-order valence-electron chi connectivity index (χ1n) is 6.90. The quantitative estimate of drug-likeness (QED) is 0.920. The topological polar surface area (TPSA) is 60.2 Å². The van der Waals surface area contributed by atoms with Gasteiger partial charge in [-0.1, -0.05) is 6.92 Å². The first-order valence-corrected chi connectivity index (χ1v) is 6.90. The molecule has 0 aliphatic carbocycles.